The van der Waals surface area contributed by atoms with E-state index >= 15 is 0 Å². The van der Waals surface area contributed by atoms with E-state index in [1.807, 2.05) is 55.9 Å². The number of carbonyl (C=O) groups excluding carboxylic acids is 1. The van der Waals surface area contributed by atoms with Crippen LogP contribution in [0.5, 0.6) is 0 Å². The van der Waals surface area contributed by atoms with Crippen LogP contribution in [0.15, 0.2) is 30.3 Å². The van der Waals surface area contributed by atoms with Crippen molar-refractivity contribution in [2.24, 2.45) is 7.05 Å². The zero-order valence-electron chi connectivity index (χ0n) is 12.7. The molecule has 0 saturated carbocycles. The van der Waals surface area contributed by atoms with Crippen LogP contribution >= 0.6 is 0 Å². The molecule has 112 valence electrons. The Bertz CT molecular complexity index is 605. The Labute approximate surface area is 124 Å². The SMILES string of the molecule is Cc1nn(C)c(C)c1CCNC(=O)OCc1ccccc1. The van der Waals surface area contributed by atoms with Crippen LogP contribution < -0.4 is 5.32 Å². The molecule has 1 aromatic heterocycles. The molecule has 0 spiro atoms. The molecule has 2 rings (SSSR count). The molecule has 2 aromatic rings. The molecule has 0 radical (unpaired) electrons. The molecule has 0 atom stereocenters. The summed E-state index contributed by atoms with van der Waals surface area (Å²) in [4.78, 5) is 11.6. The van der Waals surface area contributed by atoms with Crippen molar-refractivity contribution in [3.8, 4) is 0 Å². The number of aryl methyl sites for hydroxylation is 2. The van der Waals surface area contributed by atoms with Crippen LogP contribution in [0.25, 0.3) is 0 Å². The first-order valence-corrected chi connectivity index (χ1v) is 7.01. The number of amides is 1. The summed E-state index contributed by atoms with van der Waals surface area (Å²) < 4.78 is 7.02. The monoisotopic (exact) mass is 287 g/mol. The topological polar surface area (TPSA) is 56.2 Å². The van der Waals surface area contributed by atoms with E-state index in [1.54, 1.807) is 0 Å². The Kier molecular flexibility index (Phi) is 4.98. The van der Waals surface area contributed by atoms with Crippen molar-refractivity contribution < 1.29 is 9.53 Å². The van der Waals surface area contributed by atoms with E-state index in [0.29, 0.717) is 6.54 Å². The van der Waals surface area contributed by atoms with Gasteiger partial charge in [0.15, 0.2) is 0 Å². The second kappa shape index (κ2) is 6.92. The Hall–Kier alpha value is -2.30. The Morgan fingerprint density at radius 1 is 1.29 bits per heavy atom. The maximum absolute atomic E-state index is 11.6. The Morgan fingerprint density at radius 2 is 2.00 bits per heavy atom. The number of benzene rings is 1. The number of hydrogen-bond donors (Lipinski definition) is 1. The lowest BCUT2D eigenvalue weighted by atomic mass is 10.1. The molecule has 1 N–H and O–H groups in total. The summed E-state index contributed by atoms with van der Waals surface area (Å²) in [6, 6.07) is 9.63. The fourth-order valence-corrected chi connectivity index (χ4v) is 2.24. The summed E-state index contributed by atoms with van der Waals surface area (Å²) in [5, 5.41) is 7.12. The van der Waals surface area contributed by atoms with Crippen molar-refractivity contribution in [1.29, 1.82) is 0 Å². The average molecular weight is 287 g/mol. The van der Waals surface area contributed by atoms with Gasteiger partial charge in [0, 0.05) is 19.3 Å². The maximum atomic E-state index is 11.6. The second-order valence-corrected chi connectivity index (χ2v) is 5.01. The number of nitrogens with zero attached hydrogens (tertiary/aromatic N) is 2. The van der Waals surface area contributed by atoms with Crippen molar-refractivity contribution in [2.45, 2.75) is 26.9 Å². The van der Waals surface area contributed by atoms with Gasteiger partial charge in [0.25, 0.3) is 0 Å². The normalized spacial score (nSPS) is 10.4. The van der Waals surface area contributed by atoms with Gasteiger partial charge in [-0.15, -0.1) is 0 Å². The molecule has 1 aromatic carbocycles. The number of nitrogens with one attached hydrogen (secondary N) is 1. The van der Waals surface area contributed by atoms with Crippen molar-refractivity contribution in [3.63, 3.8) is 0 Å². The van der Waals surface area contributed by atoms with Crippen LogP contribution in [0.3, 0.4) is 0 Å². The summed E-state index contributed by atoms with van der Waals surface area (Å²) >= 11 is 0. The molecule has 0 aliphatic rings. The first-order chi connectivity index (χ1) is 10.1. The summed E-state index contributed by atoms with van der Waals surface area (Å²) in [5.41, 5.74) is 4.30. The molecule has 0 aliphatic carbocycles. The minimum atomic E-state index is -0.391. The molecule has 1 heterocycles. The van der Waals surface area contributed by atoms with Crippen molar-refractivity contribution in [2.75, 3.05) is 6.54 Å². The van der Waals surface area contributed by atoms with Crippen molar-refractivity contribution in [3.05, 3.63) is 52.8 Å². The number of aromatic nitrogens is 2. The van der Waals surface area contributed by atoms with Crippen LogP contribution in [-0.4, -0.2) is 22.4 Å². The number of hydrogen-bond acceptors (Lipinski definition) is 3. The van der Waals surface area contributed by atoms with Gasteiger partial charge in [0.05, 0.1) is 5.69 Å². The highest BCUT2D eigenvalue weighted by molar-refractivity contribution is 5.67. The fourth-order valence-electron chi connectivity index (χ4n) is 2.24. The Morgan fingerprint density at radius 3 is 2.62 bits per heavy atom. The van der Waals surface area contributed by atoms with Gasteiger partial charge in [-0.2, -0.15) is 5.10 Å². The van der Waals surface area contributed by atoms with Gasteiger partial charge in [-0.3, -0.25) is 4.68 Å². The van der Waals surface area contributed by atoms with Crippen molar-refractivity contribution in [1.82, 2.24) is 15.1 Å². The Balaban J connectivity index is 1.74. The summed E-state index contributed by atoms with van der Waals surface area (Å²) in [6.45, 7) is 4.84. The quantitative estimate of drug-likeness (QED) is 0.919. The summed E-state index contributed by atoms with van der Waals surface area (Å²) in [7, 11) is 1.92. The highest BCUT2D eigenvalue weighted by Gasteiger charge is 2.09. The molecular weight excluding hydrogens is 266 g/mol. The minimum absolute atomic E-state index is 0.289. The van der Waals surface area contributed by atoms with Crippen LogP contribution in [0.2, 0.25) is 0 Å². The second-order valence-electron chi connectivity index (χ2n) is 5.01. The lowest BCUT2D eigenvalue weighted by molar-refractivity contribution is 0.140. The van der Waals surface area contributed by atoms with Crippen LogP contribution in [0, 0.1) is 13.8 Å². The number of rotatable bonds is 5. The van der Waals surface area contributed by atoms with E-state index in [-0.39, 0.29) is 6.61 Å². The van der Waals surface area contributed by atoms with E-state index in [4.69, 9.17) is 4.74 Å². The van der Waals surface area contributed by atoms with Crippen LogP contribution in [-0.2, 0) is 24.8 Å². The summed E-state index contributed by atoms with van der Waals surface area (Å²) in [5.74, 6) is 0. The first kappa shape index (κ1) is 15.1. The van der Waals surface area contributed by atoms with E-state index < -0.39 is 6.09 Å². The van der Waals surface area contributed by atoms with Crippen molar-refractivity contribution >= 4 is 6.09 Å². The molecular formula is C16H21N3O2. The van der Waals surface area contributed by atoms with Gasteiger partial charge in [-0.05, 0) is 31.4 Å². The maximum Gasteiger partial charge on any atom is 0.407 e. The first-order valence-electron chi connectivity index (χ1n) is 7.01. The van der Waals surface area contributed by atoms with Gasteiger partial charge in [-0.25, -0.2) is 4.79 Å². The molecule has 1 amide bonds. The smallest absolute Gasteiger partial charge is 0.407 e. The van der Waals surface area contributed by atoms with E-state index in [9.17, 15) is 4.79 Å². The molecule has 5 nitrogen and oxygen atoms in total. The largest absolute Gasteiger partial charge is 0.445 e. The molecule has 0 unspecified atom stereocenters. The molecule has 0 fully saturated rings. The van der Waals surface area contributed by atoms with E-state index in [2.05, 4.69) is 10.4 Å². The number of alkyl carbamates (subject to hydrolysis) is 1. The highest BCUT2D eigenvalue weighted by atomic mass is 16.5. The lowest BCUT2D eigenvalue weighted by Gasteiger charge is -2.07. The van der Waals surface area contributed by atoms with Gasteiger partial charge < -0.3 is 10.1 Å². The zero-order valence-corrected chi connectivity index (χ0v) is 12.7. The third-order valence-corrected chi connectivity index (χ3v) is 3.52. The molecule has 0 saturated heterocycles. The van der Waals surface area contributed by atoms with E-state index in [0.717, 1.165) is 23.4 Å². The number of carbonyl (C=O) groups is 1. The van der Waals surface area contributed by atoms with Gasteiger partial charge in [-0.1, -0.05) is 30.3 Å². The lowest BCUT2D eigenvalue weighted by Crippen LogP contribution is -2.26. The zero-order chi connectivity index (χ0) is 15.2. The van der Waals surface area contributed by atoms with E-state index in [1.165, 1.54) is 5.56 Å². The summed E-state index contributed by atoms with van der Waals surface area (Å²) in [6.07, 6.45) is 0.365. The predicted octanol–water partition coefficient (Wildman–Crippen LogP) is 2.51. The van der Waals surface area contributed by atoms with Gasteiger partial charge in [0.1, 0.15) is 6.61 Å². The minimum Gasteiger partial charge on any atom is -0.445 e. The third kappa shape index (κ3) is 4.08. The highest BCUT2D eigenvalue weighted by Crippen LogP contribution is 2.11. The molecule has 0 aliphatic heterocycles. The predicted molar refractivity (Wildman–Crippen MR) is 81.0 cm³/mol. The van der Waals surface area contributed by atoms with Gasteiger partial charge >= 0.3 is 6.09 Å². The standard InChI is InChI=1S/C16H21N3O2/c1-12-15(13(2)19(3)18-12)9-10-17-16(20)21-11-14-7-5-4-6-8-14/h4-8H,9-11H2,1-3H3,(H,17,20). The molecule has 0 bridgehead atoms. The third-order valence-electron chi connectivity index (χ3n) is 3.52. The number of ether oxygens (including phenoxy) is 1. The molecule has 21 heavy (non-hydrogen) atoms. The fraction of sp³-hybridized carbons (Fsp3) is 0.375. The van der Waals surface area contributed by atoms with Crippen LogP contribution in [0.4, 0.5) is 4.79 Å². The van der Waals surface area contributed by atoms with Gasteiger partial charge in [0.2, 0.25) is 0 Å². The molecule has 5 heteroatoms. The average Bonchev–Trinajstić information content (AvgIpc) is 2.72. The van der Waals surface area contributed by atoms with Crippen LogP contribution in [0.1, 0.15) is 22.5 Å².